The molecule has 3 aromatic rings. The summed E-state index contributed by atoms with van der Waals surface area (Å²) in [4.78, 5) is 31.5. The molecule has 0 aliphatic heterocycles. The van der Waals surface area contributed by atoms with Crippen molar-refractivity contribution in [1.82, 2.24) is 10.3 Å². The van der Waals surface area contributed by atoms with E-state index in [0.29, 0.717) is 17.8 Å². The lowest BCUT2D eigenvalue weighted by molar-refractivity contribution is 0.0950. The largest absolute Gasteiger partial charge is 0.346 e. The van der Waals surface area contributed by atoms with Gasteiger partial charge in [0.25, 0.3) is 11.8 Å². The molecule has 31 heavy (non-hydrogen) atoms. The summed E-state index contributed by atoms with van der Waals surface area (Å²) in [6, 6.07) is 12.5. The molecule has 1 aliphatic rings. The number of aromatic nitrogens is 1. The molecule has 4 rings (SSSR count). The standard InChI is InChI=1S/C24H24ClN3O2S/c25-20-14-17(10-11-19(20)23(29)27-15-18-8-5-6-12-26-18)28-24(30)22-13-16-7-3-1-2-4-9-21(16)31-22/h5-6,8,10-14H,1-4,7,9,15H2,(H,27,29)(H,28,30). The van der Waals surface area contributed by atoms with Gasteiger partial charge >= 0.3 is 0 Å². The van der Waals surface area contributed by atoms with Crippen LogP contribution in [0.2, 0.25) is 5.02 Å². The maximum Gasteiger partial charge on any atom is 0.265 e. The summed E-state index contributed by atoms with van der Waals surface area (Å²) in [6.45, 7) is 0.317. The topological polar surface area (TPSA) is 71.1 Å². The lowest BCUT2D eigenvalue weighted by atomic mass is 10.00. The molecule has 0 unspecified atom stereocenters. The minimum Gasteiger partial charge on any atom is -0.346 e. The molecule has 2 amide bonds. The number of nitrogens with one attached hydrogen (secondary N) is 2. The van der Waals surface area contributed by atoms with Crippen molar-refractivity contribution in [1.29, 1.82) is 0 Å². The number of rotatable bonds is 5. The van der Waals surface area contributed by atoms with Crippen LogP contribution in [-0.4, -0.2) is 16.8 Å². The van der Waals surface area contributed by atoms with Crippen LogP contribution in [0.5, 0.6) is 0 Å². The number of hydrogen-bond donors (Lipinski definition) is 2. The number of halogens is 1. The molecule has 0 atom stereocenters. The minimum absolute atomic E-state index is 0.139. The van der Waals surface area contributed by atoms with E-state index < -0.39 is 0 Å². The Labute approximate surface area is 190 Å². The van der Waals surface area contributed by atoms with Gasteiger partial charge in [0, 0.05) is 16.8 Å². The number of carbonyl (C=O) groups excluding carboxylic acids is 2. The summed E-state index contributed by atoms with van der Waals surface area (Å²) in [7, 11) is 0. The Bertz CT molecular complexity index is 1060. The molecule has 160 valence electrons. The Morgan fingerprint density at radius 2 is 1.84 bits per heavy atom. The number of pyridine rings is 1. The zero-order valence-corrected chi connectivity index (χ0v) is 18.7. The first-order valence-corrected chi connectivity index (χ1v) is 11.7. The number of carbonyl (C=O) groups is 2. The van der Waals surface area contributed by atoms with Crippen molar-refractivity contribution < 1.29 is 9.59 Å². The Morgan fingerprint density at radius 3 is 2.61 bits per heavy atom. The molecule has 2 aromatic heterocycles. The molecule has 1 aliphatic carbocycles. The van der Waals surface area contributed by atoms with Crippen LogP contribution in [0.25, 0.3) is 0 Å². The molecule has 0 saturated heterocycles. The van der Waals surface area contributed by atoms with Crippen LogP contribution in [0, 0.1) is 0 Å². The van der Waals surface area contributed by atoms with E-state index in [1.807, 2.05) is 24.3 Å². The number of fused-ring (bicyclic) bond motifs is 1. The first-order valence-electron chi connectivity index (χ1n) is 10.5. The Morgan fingerprint density at radius 1 is 1.00 bits per heavy atom. The number of nitrogens with zero attached hydrogens (tertiary/aromatic N) is 1. The van der Waals surface area contributed by atoms with Crippen LogP contribution < -0.4 is 10.6 Å². The molecule has 0 spiro atoms. The Balaban J connectivity index is 1.40. The second-order valence-corrected chi connectivity index (χ2v) is 9.17. The van der Waals surface area contributed by atoms with Crippen molar-refractivity contribution in [3.8, 4) is 0 Å². The van der Waals surface area contributed by atoms with Gasteiger partial charge in [-0.15, -0.1) is 11.3 Å². The highest BCUT2D eigenvalue weighted by molar-refractivity contribution is 7.14. The van der Waals surface area contributed by atoms with Crippen LogP contribution in [0.4, 0.5) is 5.69 Å². The summed E-state index contributed by atoms with van der Waals surface area (Å²) in [5.74, 6) is -0.424. The van der Waals surface area contributed by atoms with Crippen molar-refractivity contribution in [3.05, 3.63) is 80.3 Å². The third kappa shape index (κ3) is 5.51. The molecule has 5 nitrogen and oxygen atoms in total. The first-order chi connectivity index (χ1) is 15.1. The minimum atomic E-state index is -0.286. The fourth-order valence-electron chi connectivity index (χ4n) is 3.69. The van der Waals surface area contributed by atoms with Gasteiger partial charge in [0.2, 0.25) is 0 Å². The van der Waals surface area contributed by atoms with Crippen LogP contribution >= 0.6 is 22.9 Å². The van der Waals surface area contributed by atoms with Crippen molar-refractivity contribution in [2.75, 3.05) is 5.32 Å². The van der Waals surface area contributed by atoms with Crippen LogP contribution in [0.1, 0.15) is 61.8 Å². The number of hydrogen-bond acceptors (Lipinski definition) is 4. The molecule has 1 aromatic carbocycles. The predicted octanol–water partition coefficient (Wildman–Crippen LogP) is 5.64. The van der Waals surface area contributed by atoms with E-state index >= 15 is 0 Å². The van der Waals surface area contributed by atoms with E-state index in [4.69, 9.17) is 11.6 Å². The summed E-state index contributed by atoms with van der Waals surface area (Å²) in [5, 5.41) is 6.00. The lowest BCUT2D eigenvalue weighted by Crippen LogP contribution is -2.23. The fraction of sp³-hybridized carbons (Fsp3) is 0.292. The summed E-state index contributed by atoms with van der Waals surface area (Å²) in [5.41, 5.74) is 3.00. The molecular formula is C24H24ClN3O2S. The maximum absolute atomic E-state index is 12.8. The van der Waals surface area contributed by atoms with Crippen LogP contribution in [-0.2, 0) is 19.4 Å². The van der Waals surface area contributed by atoms with Gasteiger partial charge in [-0.05, 0) is 67.6 Å². The molecule has 7 heteroatoms. The van der Waals surface area contributed by atoms with Crippen LogP contribution in [0.3, 0.4) is 0 Å². The SMILES string of the molecule is O=C(Nc1ccc(C(=O)NCc2ccccn2)c(Cl)c1)c1cc2c(s1)CCCCCC2. The first kappa shape index (κ1) is 21.5. The van der Waals surface area contributed by atoms with E-state index in [2.05, 4.69) is 15.6 Å². The average molecular weight is 454 g/mol. The van der Waals surface area contributed by atoms with Gasteiger partial charge in [0.05, 0.1) is 27.7 Å². The van der Waals surface area contributed by atoms with Gasteiger partial charge in [0.15, 0.2) is 0 Å². The average Bonchev–Trinajstić information content (AvgIpc) is 3.15. The summed E-state index contributed by atoms with van der Waals surface area (Å²) in [6.07, 6.45) is 8.68. The molecule has 0 bridgehead atoms. The van der Waals surface area contributed by atoms with E-state index in [0.717, 1.165) is 23.4 Å². The Hall–Kier alpha value is -2.70. The third-order valence-electron chi connectivity index (χ3n) is 5.35. The molecule has 0 fully saturated rings. The van der Waals surface area contributed by atoms with Gasteiger partial charge in [-0.3, -0.25) is 14.6 Å². The third-order valence-corrected chi connectivity index (χ3v) is 6.90. The number of amides is 2. The van der Waals surface area contributed by atoms with Crippen molar-refractivity contribution in [2.24, 2.45) is 0 Å². The number of thiophene rings is 1. The molecule has 2 N–H and O–H groups in total. The maximum atomic E-state index is 12.8. The summed E-state index contributed by atoms with van der Waals surface area (Å²) < 4.78 is 0. The highest BCUT2D eigenvalue weighted by Crippen LogP contribution is 2.29. The fourth-order valence-corrected chi connectivity index (χ4v) is 5.11. The second kappa shape index (κ2) is 10.1. The smallest absolute Gasteiger partial charge is 0.265 e. The highest BCUT2D eigenvalue weighted by atomic mass is 35.5. The quantitative estimate of drug-likeness (QED) is 0.525. The van der Waals surface area contributed by atoms with E-state index in [1.165, 1.54) is 36.1 Å². The van der Waals surface area contributed by atoms with Gasteiger partial charge in [-0.1, -0.05) is 30.5 Å². The monoisotopic (exact) mass is 453 g/mol. The molecule has 0 saturated carbocycles. The predicted molar refractivity (Wildman–Crippen MR) is 125 cm³/mol. The van der Waals surface area contributed by atoms with Crippen molar-refractivity contribution >= 4 is 40.4 Å². The van der Waals surface area contributed by atoms with Crippen molar-refractivity contribution in [3.63, 3.8) is 0 Å². The zero-order chi connectivity index (χ0) is 21.6. The summed E-state index contributed by atoms with van der Waals surface area (Å²) >= 11 is 7.92. The highest BCUT2D eigenvalue weighted by Gasteiger charge is 2.17. The van der Waals surface area contributed by atoms with E-state index in [1.54, 1.807) is 35.7 Å². The lowest BCUT2D eigenvalue weighted by Gasteiger charge is -2.09. The molecular weight excluding hydrogens is 430 g/mol. The van der Waals surface area contributed by atoms with E-state index in [9.17, 15) is 9.59 Å². The van der Waals surface area contributed by atoms with Gasteiger partial charge in [-0.2, -0.15) is 0 Å². The molecule has 2 heterocycles. The number of anilines is 1. The normalized spacial score (nSPS) is 13.6. The second-order valence-electron chi connectivity index (χ2n) is 7.63. The van der Waals surface area contributed by atoms with Gasteiger partial charge < -0.3 is 10.6 Å². The molecule has 0 radical (unpaired) electrons. The Kier molecular flexibility index (Phi) is 6.99. The number of benzene rings is 1. The van der Waals surface area contributed by atoms with Crippen LogP contribution in [0.15, 0.2) is 48.7 Å². The van der Waals surface area contributed by atoms with Gasteiger partial charge in [0.1, 0.15) is 0 Å². The van der Waals surface area contributed by atoms with Crippen molar-refractivity contribution in [2.45, 2.75) is 45.1 Å². The van der Waals surface area contributed by atoms with E-state index in [-0.39, 0.29) is 16.8 Å². The zero-order valence-electron chi connectivity index (χ0n) is 17.1. The number of aryl methyl sites for hydroxylation is 2. The van der Waals surface area contributed by atoms with Gasteiger partial charge in [-0.25, -0.2) is 0 Å².